The van der Waals surface area contributed by atoms with E-state index in [1.54, 1.807) is 0 Å². The average Bonchev–Trinajstić information content (AvgIpc) is 3.02. The van der Waals surface area contributed by atoms with Crippen molar-refractivity contribution in [1.82, 2.24) is 10.2 Å². The highest BCUT2D eigenvalue weighted by atomic mass is 16.2. The Kier molecular flexibility index (Phi) is 5.09. The summed E-state index contributed by atoms with van der Waals surface area (Å²) >= 11 is 0. The van der Waals surface area contributed by atoms with Gasteiger partial charge in [-0.05, 0) is 39.5 Å². The molecule has 1 amide bonds. The van der Waals surface area contributed by atoms with Gasteiger partial charge >= 0.3 is 0 Å². The fourth-order valence-electron chi connectivity index (χ4n) is 1.90. The smallest absolute Gasteiger partial charge is 0.223 e. The van der Waals surface area contributed by atoms with E-state index in [4.69, 9.17) is 0 Å². The third-order valence-corrected chi connectivity index (χ3v) is 3.25. The summed E-state index contributed by atoms with van der Waals surface area (Å²) in [4.78, 5) is 13.6. The lowest BCUT2D eigenvalue weighted by molar-refractivity contribution is -0.130. The predicted octanol–water partition coefficient (Wildman–Crippen LogP) is 1.63. The summed E-state index contributed by atoms with van der Waals surface area (Å²) in [5.41, 5.74) is 0. The normalized spacial score (nSPS) is 17.5. The average molecular weight is 212 g/mol. The first-order valence-corrected chi connectivity index (χ1v) is 6.20. The molecule has 0 aromatic heterocycles. The third-order valence-electron chi connectivity index (χ3n) is 3.25. The Morgan fingerprint density at radius 1 is 1.40 bits per heavy atom. The van der Waals surface area contributed by atoms with Crippen LogP contribution in [-0.4, -0.2) is 36.5 Å². The van der Waals surface area contributed by atoms with Gasteiger partial charge in [0.15, 0.2) is 0 Å². The van der Waals surface area contributed by atoms with Gasteiger partial charge in [0.05, 0.1) is 0 Å². The second kappa shape index (κ2) is 6.11. The van der Waals surface area contributed by atoms with Crippen LogP contribution in [0.1, 0.15) is 40.0 Å². The number of carbonyl (C=O) groups excluding carboxylic acids is 1. The zero-order valence-electron chi connectivity index (χ0n) is 10.3. The number of amides is 1. The van der Waals surface area contributed by atoms with Gasteiger partial charge in [0, 0.05) is 32.1 Å². The van der Waals surface area contributed by atoms with E-state index in [0.717, 1.165) is 25.6 Å². The molecular weight excluding hydrogens is 188 g/mol. The molecule has 1 N–H and O–H groups in total. The monoisotopic (exact) mass is 212 g/mol. The van der Waals surface area contributed by atoms with Crippen molar-refractivity contribution in [3.8, 4) is 0 Å². The van der Waals surface area contributed by atoms with E-state index in [0.29, 0.717) is 12.5 Å². The van der Waals surface area contributed by atoms with Crippen molar-refractivity contribution in [2.45, 2.75) is 46.1 Å². The van der Waals surface area contributed by atoms with Crippen LogP contribution < -0.4 is 5.32 Å². The van der Waals surface area contributed by atoms with Crippen molar-refractivity contribution in [1.29, 1.82) is 0 Å². The molecule has 88 valence electrons. The van der Waals surface area contributed by atoms with Gasteiger partial charge in [0.2, 0.25) is 5.91 Å². The lowest BCUT2D eigenvalue weighted by Crippen LogP contribution is -2.35. The topological polar surface area (TPSA) is 32.3 Å². The fourth-order valence-corrected chi connectivity index (χ4v) is 1.90. The molecule has 1 unspecified atom stereocenters. The Labute approximate surface area is 93.2 Å². The number of hydrogen-bond donors (Lipinski definition) is 1. The molecule has 1 aliphatic carbocycles. The summed E-state index contributed by atoms with van der Waals surface area (Å²) < 4.78 is 0. The first-order valence-electron chi connectivity index (χ1n) is 6.20. The number of hydrogen-bond acceptors (Lipinski definition) is 2. The van der Waals surface area contributed by atoms with Crippen LogP contribution in [0.4, 0.5) is 0 Å². The van der Waals surface area contributed by atoms with Crippen LogP contribution in [0.15, 0.2) is 0 Å². The van der Waals surface area contributed by atoms with Gasteiger partial charge in [-0.2, -0.15) is 0 Å². The van der Waals surface area contributed by atoms with Crippen LogP contribution in [0.25, 0.3) is 0 Å². The SMILES string of the molecule is CCN(CC)C(=O)CCNC(C)C1CC1. The highest BCUT2D eigenvalue weighted by Gasteiger charge is 2.27. The van der Waals surface area contributed by atoms with Gasteiger partial charge in [0.1, 0.15) is 0 Å². The van der Waals surface area contributed by atoms with E-state index < -0.39 is 0 Å². The minimum Gasteiger partial charge on any atom is -0.343 e. The molecule has 0 aliphatic heterocycles. The Morgan fingerprint density at radius 2 is 2.00 bits per heavy atom. The minimum atomic E-state index is 0.274. The summed E-state index contributed by atoms with van der Waals surface area (Å²) in [6.45, 7) is 8.76. The van der Waals surface area contributed by atoms with Crippen molar-refractivity contribution in [2.75, 3.05) is 19.6 Å². The maximum atomic E-state index is 11.7. The van der Waals surface area contributed by atoms with Crippen LogP contribution in [0, 0.1) is 5.92 Å². The minimum absolute atomic E-state index is 0.274. The van der Waals surface area contributed by atoms with Crippen LogP contribution in [0.5, 0.6) is 0 Å². The standard InChI is InChI=1S/C12H24N2O/c1-4-14(5-2)12(15)8-9-13-10(3)11-6-7-11/h10-11,13H,4-9H2,1-3H3. The first-order chi connectivity index (χ1) is 7.19. The van der Waals surface area contributed by atoms with E-state index in [1.165, 1.54) is 12.8 Å². The Balaban J connectivity index is 2.10. The first kappa shape index (κ1) is 12.5. The van der Waals surface area contributed by atoms with Gasteiger partial charge in [-0.15, -0.1) is 0 Å². The summed E-state index contributed by atoms with van der Waals surface area (Å²) in [7, 11) is 0. The molecule has 0 radical (unpaired) electrons. The molecule has 3 nitrogen and oxygen atoms in total. The van der Waals surface area contributed by atoms with Gasteiger partial charge < -0.3 is 10.2 Å². The molecule has 0 aromatic carbocycles. The maximum Gasteiger partial charge on any atom is 0.223 e. The van der Waals surface area contributed by atoms with Crippen LogP contribution in [-0.2, 0) is 4.79 Å². The van der Waals surface area contributed by atoms with Crippen LogP contribution in [0.2, 0.25) is 0 Å². The summed E-state index contributed by atoms with van der Waals surface area (Å²) in [6, 6.07) is 0.592. The molecule has 1 rings (SSSR count). The summed E-state index contributed by atoms with van der Waals surface area (Å²) in [5.74, 6) is 1.14. The third kappa shape index (κ3) is 4.20. The molecule has 1 fully saturated rings. The quantitative estimate of drug-likeness (QED) is 0.695. The lowest BCUT2D eigenvalue weighted by Gasteiger charge is -2.19. The zero-order valence-corrected chi connectivity index (χ0v) is 10.3. The number of nitrogens with one attached hydrogen (secondary N) is 1. The molecule has 0 saturated heterocycles. The van der Waals surface area contributed by atoms with E-state index in [9.17, 15) is 4.79 Å². The molecule has 0 heterocycles. The lowest BCUT2D eigenvalue weighted by atomic mass is 10.2. The van der Waals surface area contributed by atoms with Gasteiger partial charge in [0.25, 0.3) is 0 Å². The fraction of sp³-hybridized carbons (Fsp3) is 0.917. The van der Waals surface area contributed by atoms with E-state index in [2.05, 4.69) is 12.2 Å². The molecule has 0 aromatic rings. The Morgan fingerprint density at radius 3 is 2.47 bits per heavy atom. The molecular formula is C12H24N2O. The second-order valence-electron chi connectivity index (χ2n) is 4.40. The molecule has 1 aliphatic rings. The highest BCUT2D eigenvalue weighted by Crippen LogP contribution is 2.32. The van der Waals surface area contributed by atoms with Crippen molar-refractivity contribution >= 4 is 5.91 Å². The summed E-state index contributed by atoms with van der Waals surface area (Å²) in [5, 5.41) is 3.43. The maximum absolute atomic E-state index is 11.7. The van der Waals surface area contributed by atoms with Crippen molar-refractivity contribution < 1.29 is 4.79 Å². The largest absolute Gasteiger partial charge is 0.343 e. The predicted molar refractivity (Wildman–Crippen MR) is 62.7 cm³/mol. The molecule has 3 heteroatoms. The zero-order chi connectivity index (χ0) is 11.3. The van der Waals surface area contributed by atoms with E-state index in [1.807, 2.05) is 18.7 Å². The number of carbonyl (C=O) groups is 1. The van der Waals surface area contributed by atoms with Crippen LogP contribution in [0.3, 0.4) is 0 Å². The Bertz CT molecular complexity index is 198. The highest BCUT2D eigenvalue weighted by molar-refractivity contribution is 5.76. The second-order valence-corrected chi connectivity index (χ2v) is 4.40. The number of nitrogens with zero attached hydrogens (tertiary/aromatic N) is 1. The Hall–Kier alpha value is -0.570. The number of rotatable bonds is 7. The van der Waals surface area contributed by atoms with Crippen LogP contribution >= 0.6 is 0 Å². The van der Waals surface area contributed by atoms with Crippen molar-refractivity contribution in [3.63, 3.8) is 0 Å². The van der Waals surface area contributed by atoms with Gasteiger partial charge in [-0.25, -0.2) is 0 Å². The molecule has 0 bridgehead atoms. The molecule has 1 saturated carbocycles. The van der Waals surface area contributed by atoms with E-state index >= 15 is 0 Å². The molecule has 15 heavy (non-hydrogen) atoms. The molecule has 0 spiro atoms. The van der Waals surface area contributed by atoms with Crippen molar-refractivity contribution in [3.05, 3.63) is 0 Å². The van der Waals surface area contributed by atoms with Crippen molar-refractivity contribution in [2.24, 2.45) is 5.92 Å². The van der Waals surface area contributed by atoms with Gasteiger partial charge in [-0.3, -0.25) is 4.79 Å². The van der Waals surface area contributed by atoms with E-state index in [-0.39, 0.29) is 5.91 Å². The molecule has 1 atom stereocenters. The van der Waals surface area contributed by atoms with Gasteiger partial charge in [-0.1, -0.05) is 0 Å². The summed E-state index contributed by atoms with van der Waals surface area (Å²) in [6.07, 6.45) is 3.36.